The molecule has 0 unspecified atom stereocenters. The summed E-state index contributed by atoms with van der Waals surface area (Å²) < 4.78 is 2.45. The number of quaternary nitrogens is 1. The van der Waals surface area contributed by atoms with Crippen LogP contribution in [0.25, 0.3) is 10.9 Å². The molecule has 2 nitrogen and oxygen atoms in total. The second kappa shape index (κ2) is 8.16. The molecule has 0 atom stereocenters. The number of rotatable bonds is 9. The monoisotopic (exact) mass is 365 g/mol. The van der Waals surface area contributed by atoms with E-state index < -0.39 is 0 Å². The van der Waals surface area contributed by atoms with Gasteiger partial charge in [0.25, 0.3) is 0 Å². The first-order valence-electron chi connectivity index (χ1n) is 8.74. The summed E-state index contributed by atoms with van der Waals surface area (Å²) in [6.07, 6.45) is 7.20. The summed E-state index contributed by atoms with van der Waals surface area (Å²) in [5.74, 6) is 0. The zero-order chi connectivity index (χ0) is 16.0. The van der Waals surface area contributed by atoms with E-state index >= 15 is 0 Å². The van der Waals surface area contributed by atoms with Crippen molar-refractivity contribution in [2.45, 2.75) is 46.5 Å². The normalized spacial score (nSPS) is 12.2. The number of H-pyrrole nitrogens is 1. The molecule has 1 N–H and O–H groups in total. The molecule has 0 radical (unpaired) electrons. The molecule has 2 rings (SSSR count). The number of aromatic amines is 1. The third kappa shape index (κ3) is 4.14. The quantitative estimate of drug-likeness (QED) is 0.563. The van der Waals surface area contributed by atoms with Crippen molar-refractivity contribution in [1.82, 2.24) is 4.98 Å². The fraction of sp³-hybridized carbons (Fsp3) is 0.579. The fourth-order valence-corrected chi connectivity index (χ4v) is 4.17. The number of nitrogens with one attached hydrogen (secondary N) is 1. The van der Waals surface area contributed by atoms with Gasteiger partial charge in [-0.1, -0.05) is 36.7 Å². The van der Waals surface area contributed by atoms with E-state index in [1.165, 1.54) is 66.4 Å². The van der Waals surface area contributed by atoms with Gasteiger partial charge in [0.2, 0.25) is 0 Å². The van der Waals surface area contributed by atoms with E-state index in [0.29, 0.717) is 0 Å². The summed E-state index contributed by atoms with van der Waals surface area (Å²) in [6, 6.07) is 6.51. The lowest BCUT2D eigenvalue weighted by Gasteiger charge is -2.38. The molecule has 0 saturated heterocycles. The molecule has 0 bridgehead atoms. The average Bonchev–Trinajstić information content (AvgIpc) is 2.88. The molecular formula is C19H30BrN2+. The first kappa shape index (κ1) is 17.6. The van der Waals surface area contributed by atoms with E-state index in [-0.39, 0.29) is 0 Å². The maximum atomic E-state index is 3.60. The second-order valence-corrected chi connectivity index (χ2v) is 7.41. The Morgan fingerprint density at radius 1 is 0.955 bits per heavy atom. The SMILES string of the molecule is CCC[N+](CCC)(CCC)CCc1c[nH]c2ccc(Br)cc12. The van der Waals surface area contributed by atoms with Crippen molar-refractivity contribution in [3.8, 4) is 0 Å². The van der Waals surface area contributed by atoms with Gasteiger partial charge in [-0.05, 0) is 43.0 Å². The molecular weight excluding hydrogens is 336 g/mol. The van der Waals surface area contributed by atoms with E-state index in [0.717, 1.165) is 10.9 Å². The molecule has 0 aliphatic heterocycles. The van der Waals surface area contributed by atoms with Crippen LogP contribution in [0.1, 0.15) is 45.6 Å². The van der Waals surface area contributed by atoms with E-state index in [9.17, 15) is 0 Å². The van der Waals surface area contributed by atoms with Crippen LogP contribution in [0.3, 0.4) is 0 Å². The van der Waals surface area contributed by atoms with Crippen LogP contribution in [0.4, 0.5) is 0 Å². The smallest absolute Gasteiger partial charge is 0.0828 e. The molecule has 3 heteroatoms. The zero-order valence-corrected chi connectivity index (χ0v) is 15.9. The zero-order valence-electron chi connectivity index (χ0n) is 14.3. The van der Waals surface area contributed by atoms with Gasteiger partial charge in [0.05, 0.1) is 26.2 Å². The number of hydrogen-bond donors (Lipinski definition) is 1. The second-order valence-electron chi connectivity index (χ2n) is 6.49. The third-order valence-electron chi connectivity index (χ3n) is 4.68. The molecule has 1 aromatic heterocycles. The van der Waals surface area contributed by atoms with Gasteiger partial charge in [0.1, 0.15) is 0 Å². The van der Waals surface area contributed by atoms with Gasteiger partial charge in [-0.25, -0.2) is 0 Å². The Kier molecular flexibility index (Phi) is 6.51. The minimum Gasteiger partial charge on any atom is -0.361 e. The Balaban J connectivity index is 2.17. The van der Waals surface area contributed by atoms with Crippen molar-refractivity contribution < 1.29 is 4.48 Å². The Labute approximate surface area is 143 Å². The van der Waals surface area contributed by atoms with Crippen LogP contribution >= 0.6 is 15.9 Å². The van der Waals surface area contributed by atoms with Gasteiger partial charge in [-0.15, -0.1) is 0 Å². The van der Waals surface area contributed by atoms with Crippen molar-refractivity contribution in [3.63, 3.8) is 0 Å². The Hall–Kier alpha value is -0.800. The largest absolute Gasteiger partial charge is 0.361 e. The molecule has 0 aliphatic carbocycles. The van der Waals surface area contributed by atoms with Gasteiger partial charge < -0.3 is 9.47 Å². The summed E-state index contributed by atoms with van der Waals surface area (Å²) in [4.78, 5) is 3.42. The van der Waals surface area contributed by atoms with Gasteiger partial charge in [-0.3, -0.25) is 0 Å². The van der Waals surface area contributed by atoms with Crippen LogP contribution < -0.4 is 0 Å². The lowest BCUT2D eigenvalue weighted by Crippen LogP contribution is -2.51. The van der Waals surface area contributed by atoms with Gasteiger partial charge in [-0.2, -0.15) is 0 Å². The number of fused-ring (bicyclic) bond motifs is 1. The van der Waals surface area contributed by atoms with Crippen molar-refractivity contribution in [1.29, 1.82) is 0 Å². The third-order valence-corrected chi connectivity index (χ3v) is 5.17. The standard InChI is InChI=1S/C19H30BrN2/c1-4-10-22(11-5-2,12-6-3)13-9-16-15-21-19-8-7-17(20)14-18(16)19/h7-8,14-15,21H,4-6,9-13H2,1-3H3/q+1. The number of halogens is 1. The molecule has 0 amide bonds. The molecule has 122 valence electrons. The number of benzene rings is 1. The highest BCUT2D eigenvalue weighted by atomic mass is 79.9. The van der Waals surface area contributed by atoms with Crippen LogP contribution in [0.5, 0.6) is 0 Å². The highest BCUT2D eigenvalue weighted by Crippen LogP contribution is 2.24. The molecule has 0 saturated carbocycles. The molecule has 0 spiro atoms. The lowest BCUT2D eigenvalue weighted by atomic mass is 10.1. The van der Waals surface area contributed by atoms with E-state index in [2.05, 4.69) is 66.1 Å². The predicted octanol–water partition coefficient (Wildman–Crippen LogP) is 5.52. The highest BCUT2D eigenvalue weighted by molar-refractivity contribution is 9.10. The van der Waals surface area contributed by atoms with Gasteiger partial charge >= 0.3 is 0 Å². The molecule has 0 fully saturated rings. The molecule has 1 heterocycles. The molecule has 22 heavy (non-hydrogen) atoms. The van der Waals surface area contributed by atoms with Gasteiger partial charge in [0.15, 0.2) is 0 Å². The van der Waals surface area contributed by atoms with Crippen molar-refractivity contribution in [2.24, 2.45) is 0 Å². The average molecular weight is 366 g/mol. The Morgan fingerprint density at radius 3 is 2.18 bits per heavy atom. The fourth-order valence-electron chi connectivity index (χ4n) is 3.81. The minimum atomic E-state index is 1.16. The van der Waals surface area contributed by atoms with Gasteiger partial charge in [0, 0.05) is 28.0 Å². The van der Waals surface area contributed by atoms with Crippen molar-refractivity contribution in [2.75, 3.05) is 26.2 Å². The van der Waals surface area contributed by atoms with Crippen LogP contribution in [-0.4, -0.2) is 35.6 Å². The first-order chi connectivity index (χ1) is 10.6. The highest BCUT2D eigenvalue weighted by Gasteiger charge is 2.24. The molecule has 0 aliphatic rings. The first-order valence-corrected chi connectivity index (χ1v) is 9.54. The van der Waals surface area contributed by atoms with Crippen molar-refractivity contribution in [3.05, 3.63) is 34.4 Å². The summed E-state index contributed by atoms with van der Waals surface area (Å²) in [5.41, 5.74) is 2.71. The van der Waals surface area contributed by atoms with Crippen LogP contribution in [0.2, 0.25) is 0 Å². The summed E-state index contributed by atoms with van der Waals surface area (Å²) in [5, 5.41) is 1.37. The topological polar surface area (TPSA) is 15.8 Å². The minimum absolute atomic E-state index is 1.16. The summed E-state index contributed by atoms with van der Waals surface area (Å²) in [7, 11) is 0. The molecule has 2 aromatic rings. The summed E-state index contributed by atoms with van der Waals surface area (Å²) >= 11 is 3.60. The van der Waals surface area contributed by atoms with E-state index in [1.807, 2.05) is 0 Å². The maximum absolute atomic E-state index is 3.60. The predicted molar refractivity (Wildman–Crippen MR) is 100 cm³/mol. The van der Waals surface area contributed by atoms with Crippen LogP contribution in [0.15, 0.2) is 28.9 Å². The van der Waals surface area contributed by atoms with Crippen LogP contribution in [0, 0.1) is 0 Å². The molecule has 1 aromatic carbocycles. The Bertz CT molecular complexity index is 571. The van der Waals surface area contributed by atoms with Crippen LogP contribution in [-0.2, 0) is 6.42 Å². The number of aromatic nitrogens is 1. The Morgan fingerprint density at radius 2 is 1.59 bits per heavy atom. The van der Waals surface area contributed by atoms with E-state index in [1.54, 1.807) is 0 Å². The lowest BCUT2D eigenvalue weighted by molar-refractivity contribution is -0.928. The maximum Gasteiger partial charge on any atom is 0.0828 e. The number of nitrogens with zero attached hydrogens (tertiary/aromatic N) is 1. The summed E-state index contributed by atoms with van der Waals surface area (Å²) in [6.45, 7) is 12.2. The van der Waals surface area contributed by atoms with Crippen molar-refractivity contribution >= 4 is 26.8 Å². The van der Waals surface area contributed by atoms with E-state index in [4.69, 9.17) is 0 Å². The number of hydrogen-bond acceptors (Lipinski definition) is 0.